The summed E-state index contributed by atoms with van der Waals surface area (Å²) in [6.07, 6.45) is 0.595. The quantitative estimate of drug-likeness (QED) is 0.542. The molecule has 0 spiro atoms. The molecule has 0 aromatic heterocycles. The Bertz CT molecular complexity index is 380. The van der Waals surface area contributed by atoms with Gasteiger partial charge in [0.1, 0.15) is 0 Å². The van der Waals surface area contributed by atoms with Crippen molar-refractivity contribution in [3.63, 3.8) is 0 Å². The van der Waals surface area contributed by atoms with Crippen molar-refractivity contribution in [2.24, 2.45) is 4.99 Å². The van der Waals surface area contributed by atoms with Crippen LogP contribution < -0.4 is 10.6 Å². The molecule has 0 bridgehead atoms. The lowest BCUT2D eigenvalue weighted by atomic mass is 9.93. The fourth-order valence-electron chi connectivity index (χ4n) is 1.84. The molecule has 3 N–H and O–H groups in total. The zero-order valence-corrected chi connectivity index (χ0v) is 12.1. The molecular weight excluding hydrogens is 238 g/mol. The third-order valence-corrected chi connectivity index (χ3v) is 2.95. The van der Waals surface area contributed by atoms with E-state index in [9.17, 15) is 5.11 Å². The Kier molecular flexibility index (Phi) is 6.36. The van der Waals surface area contributed by atoms with Crippen LogP contribution in [0.4, 0.5) is 0 Å². The molecule has 0 unspecified atom stereocenters. The molecule has 0 radical (unpaired) electrons. The van der Waals surface area contributed by atoms with Gasteiger partial charge in [-0.25, -0.2) is 0 Å². The maximum Gasteiger partial charge on any atom is 0.191 e. The second kappa shape index (κ2) is 7.79. The summed E-state index contributed by atoms with van der Waals surface area (Å²) in [7, 11) is 0. The number of hydrogen-bond donors (Lipinski definition) is 3. The summed E-state index contributed by atoms with van der Waals surface area (Å²) < 4.78 is 0. The fraction of sp³-hybridized carbons (Fsp3) is 0.533. The maximum atomic E-state index is 10.4. The Balaban J connectivity index is 2.57. The van der Waals surface area contributed by atoms with Crippen molar-refractivity contribution in [3.05, 3.63) is 35.9 Å². The third-order valence-electron chi connectivity index (χ3n) is 2.95. The van der Waals surface area contributed by atoms with Gasteiger partial charge in [0, 0.05) is 19.6 Å². The van der Waals surface area contributed by atoms with Gasteiger partial charge in [-0.05, 0) is 32.8 Å². The Hall–Kier alpha value is -1.55. The summed E-state index contributed by atoms with van der Waals surface area (Å²) in [5.41, 5.74) is 0.0903. The van der Waals surface area contributed by atoms with Crippen molar-refractivity contribution in [2.45, 2.75) is 32.8 Å². The monoisotopic (exact) mass is 263 g/mol. The number of nitrogens with one attached hydrogen (secondary N) is 2. The molecule has 1 atom stereocenters. The Labute approximate surface area is 116 Å². The van der Waals surface area contributed by atoms with Crippen LogP contribution in [0.1, 0.15) is 32.8 Å². The molecule has 1 aromatic carbocycles. The number of benzene rings is 1. The zero-order valence-electron chi connectivity index (χ0n) is 12.1. The molecule has 0 aliphatic rings. The van der Waals surface area contributed by atoms with Gasteiger partial charge in [0.2, 0.25) is 0 Å². The smallest absolute Gasteiger partial charge is 0.191 e. The molecule has 19 heavy (non-hydrogen) atoms. The van der Waals surface area contributed by atoms with Gasteiger partial charge in [0.05, 0.1) is 5.60 Å². The first-order valence-corrected chi connectivity index (χ1v) is 6.90. The van der Waals surface area contributed by atoms with E-state index in [1.165, 1.54) is 0 Å². The Morgan fingerprint density at radius 3 is 2.26 bits per heavy atom. The predicted octanol–water partition coefficient (Wildman–Crippen LogP) is 1.86. The highest BCUT2D eigenvalue weighted by atomic mass is 16.3. The SMILES string of the molecule is CCNC(=NCC[C@](C)(O)c1ccccc1)NCC. The summed E-state index contributed by atoms with van der Waals surface area (Å²) in [4.78, 5) is 4.45. The minimum atomic E-state index is -0.839. The third kappa shape index (κ3) is 5.30. The summed E-state index contributed by atoms with van der Waals surface area (Å²) in [5.74, 6) is 0.800. The fourth-order valence-corrected chi connectivity index (χ4v) is 1.84. The van der Waals surface area contributed by atoms with Crippen molar-refractivity contribution in [3.8, 4) is 0 Å². The van der Waals surface area contributed by atoms with E-state index < -0.39 is 5.60 Å². The molecule has 106 valence electrons. The molecule has 0 heterocycles. The van der Waals surface area contributed by atoms with Gasteiger partial charge < -0.3 is 15.7 Å². The van der Waals surface area contributed by atoms with E-state index in [4.69, 9.17) is 0 Å². The minimum absolute atomic E-state index is 0.581. The standard InChI is InChI=1S/C15H25N3O/c1-4-16-14(17-5-2)18-12-11-15(3,19)13-9-7-6-8-10-13/h6-10,19H,4-5,11-12H2,1-3H3,(H2,16,17,18)/t15-/m0/s1. The van der Waals surface area contributed by atoms with Crippen molar-refractivity contribution in [2.75, 3.05) is 19.6 Å². The lowest BCUT2D eigenvalue weighted by Gasteiger charge is -2.23. The average Bonchev–Trinajstić information content (AvgIpc) is 2.40. The topological polar surface area (TPSA) is 56.7 Å². The number of rotatable bonds is 6. The number of aliphatic hydroxyl groups is 1. The number of guanidine groups is 1. The zero-order chi connectivity index (χ0) is 14.1. The number of aliphatic imine (C=N–C) groups is 1. The van der Waals surface area contributed by atoms with Gasteiger partial charge in [0.15, 0.2) is 5.96 Å². The molecule has 0 aliphatic heterocycles. The van der Waals surface area contributed by atoms with Crippen LogP contribution in [-0.2, 0) is 5.60 Å². The largest absolute Gasteiger partial charge is 0.385 e. The molecule has 1 rings (SSSR count). The summed E-state index contributed by atoms with van der Waals surface area (Å²) in [5, 5.41) is 16.8. The highest BCUT2D eigenvalue weighted by Crippen LogP contribution is 2.23. The van der Waals surface area contributed by atoms with Crippen LogP contribution in [0.15, 0.2) is 35.3 Å². The second-order valence-corrected chi connectivity index (χ2v) is 4.68. The molecule has 1 aromatic rings. The van der Waals surface area contributed by atoms with Crippen LogP contribution in [0.5, 0.6) is 0 Å². The van der Waals surface area contributed by atoms with E-state index in [2.05, 4.69) is 15.6 Å². The molecule has 0 aliphatic carbocycles. The van der Waals surface area contributed by atoms with E-state index >= 15 is 0 Å². The van der Waals surface area contributed by atoms with Gasteiger partial charge in [-0.15, -0.1) is 0 Å². The van der Waals surface area contributed by atoms with Gasteiger partial charge in [0.25, 0.3) is 0 Å². The molecule has 0 amide bonds. The van der Waals surface area contributed by atoms with Gasteiger partial charge >= 0.3 is 0 Å². The number of nitrogens with zero attached hydrogens (tertiary/aromatic N) is 1. The van der Waals surface area contributed by atoms with Crippen molar-refractivity contribution < 1.29 is 5.11 Å². The van der Waals surface area contributed by atoms with E-state index in [0.29, 0.717) is 13.0 Å². The predicted molar refractivity (Wildman–Crippen MR) is 80.3 cm³/mol. The van der Waals surface area contributed by atoms with Gasteiger partial charge in [-0.1, -0.05) is 30.3 Å². The molecule has 4 heteroatoms. The van der Waals surface area contributed by atoms with Crippen LogP contribution in [0.25, 0.3) is 0 Å². The van der Waals surface area contributed by atoms with Crippen LogP contribution >= 0.6 is 0 Å². The molecule has 4 nitrogen and oxygen atoms in total. The summed E-state index contributed by atoms with van der Waals surface area (Å²) in [6.45, 7) is 8.15. The van der Waals surface area contributed by atoms with Gasteiger partial charge in [-0.3, -0.25) is 4.99 Å². The lowest BCUT2D eigenvalue weighted by Crippen LogP contribution is -2.37. The minimum Gasteiger partial charge on any atom is -0.385 e. The average molecular weight is 263 g/mol. The first kappa shape index (κ1) is 15.5. The Morgan fingerprint density at radius 1 is 1.16 bits per heavy atom. The molecule has 0 saturated carbocycles. The number of hydrogen-bond acceptors (Lipinski definition) is 2. The highest BCUT2D eigenvalue weighted by Gasteiger charge is 2.21. The van der Waals surface area contributed by atoms with Crippen LogP contribution in [0.2, 0.25) is 0 Å². The summed E-state index contributed by atoms with van der Waals surface area (Å²) in [6, 6.07) is 9.72. The van der Waals surface area contributed by atoms with Gasteiger partial charge in [-0.2, -0.15) is 0 Å². The first-order valence-electron chi connectivity index (χ1n) is 6.90. The normalized spacial score (nSPS) is 13.5. The molecule has 0 fully saturated rings. The first-order chi connectivity index (χ1) is 9.10. The van der Waals surface area contributed by atoms with Crippen molar-refractivity contribution in [1.82, 2.24) is 10.6 Å². The molecular formula is C15H25N3O. The van der Waals surface area contributed by atoms with Crippen LogP contribution in [0.3, 0.4) is 0 Å². The lowest BCUT2D eigenvalue weighted by molar-refractivity contribution is 0.0505. The van der Waals surface area contributed by atoms with E-state index in [0.717, 1.165) is 24.6 Å². The van der Waals surface area contributed by atoms with Crippen LogP contribution in [0, 0.1) is 0 Å². The summed E-state index contributed by atoms with van der Waals surface area (Å²) >= 11 is 0. The van der Waals surface area contributed by atoms with E-state index in [1.807, 2.05) is 51.1 Å². The second-order valence-electron chi connectivity index (χ2n) is 4.68. The van der Waals surface area contributed by atoms with E-state index in [-0.39, 0.29) is 0 Å². The molecule has 0 saturated heterocycles. The Morgan fingerprint density at radius 2 is 1.74 bits per heavy atom. The van der Waals surface area contributed by atoms with Crippen molar-refractivity contribution in [1.29, 1.82) is 0 Å². The maximum absolute atomic E-state index is 10.4. The van der Waals surface area contributed by atoms with E-state index in [1.54, 1.807) is 0 Å². The highest BCUT2D eigenvalue weighted by molar-refractivity contribution is 5.79. The van der Waals surface area contributed by atoms with Crippen molar-refractivity contribution >= 4 is 5.96 Å². The van der Waals surface area contributed by atoms with Crippen LogP contribution in [-0.4, -0.2) is 30.7 Å².